The summed E-state index contributed by atoms with van der Waals surface area (Å²) < 4.78 is 30.6. The molecule has 156 valence electrons. The van der Waals surface area contributed by atoms with Crippen LogP contribution in [0.5, 0.6) is 5.75 Å². The molecule has 0 radical (unpaired) electrons. The number of nitrogens with one attached hydrogen (secondary N) is 1. The highest BCUT2D eigenvalue weighted by molar-refractivity contribution is 7.87. The summed E-state index contributed by atoms with van der Waals surface area (Å²) in [5.74, 6) is -0.594. The lowest BCUT2D eigenvalue weighted by atomic mass is 10.1. The summed E-state index contributed by atoms with van der Waals surface area (Å²) in [6.07, 6.45) is 1.30. The summed E-state index contributed by atoms with van der Waals surface area (Å²) in [4.78, 5) is 12.6. The molecule has 1 N–H and O–H groups in total. The Kier molecular flexibility index (Phi) is 6.53. The van der Waals surface area contributed by atoms with Crippen LogP contribution in [0.2, 0.25) is 0 Å². The Morgan fingerprint density at radius 2 is 1.68 bits per heavy atom. The highest BCUT2D eigenvalue weighted by Gasteiger charge is 2.19. The number of para-hydroxylation sites is 1. The van der Waals surface area contributed by atoms with Crippen molar-refractivity contribution in [3.05, 3.63) is 95.1 Å². The normalized spacial score (nSPS) is 11.5. The summed E-state index contributed by atoms with van der Waals surface area (Å²) in [5.41, 5.74) is 2.53. The summed E-state index contributed by atoms with van der Waals surface area (Å²) in [6.45, 7) is 3.74. The van der Waals surface area contributed by atoms with E-state index >= 15 is 0 Å². The van der Waals surface area contributed by atoms with Crippen LogP contribution in [0.4, 0.5) is 5.69 Å². The van der Waals surface area contributed by atoms with E-state index in [0.29, 0.717) is 5.69 Å². The second kappa shape index (κ2) is 9.28. The van der Waals surface area contributed by atoms with Crippen LogP contribution in [-0.2, 0) is 14.9 Å². The first-order valence-corrected chi connectivity index (χ1v) is 10.8. The lowest BCUT2D eigenvalue weighted by Crippen LogP contribution is -2.14. The van der Waals surface area contributed by atoms with E-state index in [9.17, 15) is 18.5 Å². The predicted octanol–water partition coefficient (Wildman–Crippen LogP) is 4.62. The third-order valence-corrected chi connectivity index (χ3v) is 5.62. The third kappa shape index (κ3) is 5.59. The topological polar surface area (TPSA) is 96.3 Å². The van der Waals surface area contributed by atoms with Gasteiger partial charge in [0.1, 0.15) is 22.3 Å². The van der Waals surface area contributed by atoms with E-state index in [0.717, 1.165) is 11.1 Å². The van der Waals surface area contributed by atoms with Gasteiger partial charge in [0.15, 0.2) is 0 Å². The monoisotopic (exact) mass is 432 g/mol. The Bertz CT molecular complexity index is 1290. The van der Waals surface area contributed by atoms with E-state index in [1.807, 2.05) is 26.0 Å². The van der Waals surface area contributed by atoms with E-state index in [1.165, 1.54) is 24.3 Å². The molecular weight excluding hydrogens is 412 g/mol. The zero-order valence-corrected chi connectivity index (χ0v) is 17.8. The van der Waals surface area contributed by atoms with Crippen molar-refractivity contribution in [3.8, 4) is 11.8 Å². The Labute approximate surface area is 181 Å². The minimum atomic E-state index is -4.08. The first kappa shape index (κ1) is 21.8. The summed E-state index contributed by atoms with van der Waals surface area (Å²) in [6, 6.07) is 21.6. The molecule has 7 heteroatoms. The van der Waals surface area contributed by atoms with Gasteiger partial charge >= 0.3 is 10.1 Å². The second-order valence-corrected chi connectivity index (χ2v) is 8.43. The van der Waals surface area contributed by atoms with Gasteiger partial charge < -0.3 is 9.50 Å². The molecule has 0 aliphatic carbocycles. The smallest absolute Gasteiger partial charge is 0.339 e. The number of hydrogen-bond donors (Lipinski definition) is 1. The Hall–Kier alpha value is -3.89. The number of nitrogens with zero attached hydrogens (tertiary/aromatic N) is 1. The Balaban J connectivity index is 1.89. The molecule has 0 atom stereocenters. The maximum absolute atomic E-state index is 12.6. The largest absolute Gasteiger partial charge is 0.378 e. The zero-order valence-electron chi connectivity index (χ0n) is 17.0. The summed E-state index contributed by atoms with van der Waals surface area (Å²) in [5, 5.41) is 12.1. The molecule has 3 aromatic carbocycles. The van der Waals surface area contributed by atoms with Crippen LogP contribution in [0.15, 0.2) is 83.3 Å². The SMILES string of the molecule is Cc1ccc(S(=O)(=O)Oc2ccccc2/C=C(\C#N)C(=O)Nc2cccc(C)c2)cc1. The third-order valence-electron chi connectivity index (χ3n) is 4.37. The van der Waals surface area contributed by atoms with Crippen molar-refractivity contribution in [2.24, 2.45) is 0 Å². The molecule has 0 fully saturated rings. The number of benzene rings is 3. The van der Waals surface area contributed by atoms with E-state index in [1.54, 1.807) is 48.5 Å². The summed E-state index contributed by atoms with van der Waals surface area (Å²) in [7, 11) is -4.08. The first-order valence-electron chi connectivity index (χ1n) is 9.38. The van der Waals surface area contributed by atoms with Crippen molar-refractivity contribution in [1.29, 1.82) is 5.26 Å². The number of carbonyl (C=O) groups excluding carboxylic acids is 1. The van der Waals surface area contributed by atoms with Gasteiger partial charge in [0.05, 0.1) is 0 Å². The zero-order chi connectivity index (χ0) is 22.4. The van der Waals surface area contributed by atoms with Crippen molar-refractivity contribution < 1.29 is 17.4 Å². The maximum Gasteiger partial charge on any atom is 0.339 e. The van der Waals surface area contributed by atoms with Crippen LogP contribution < -0.4 is 9.50 Å². The highest BCUT2D eigenvalue weighted by Crippen LogP contribution is 2.25. The van der Waals surface area contributed by atoms with Gasteiger partial charge in [0.2, 0.25) is 0 Å². The molecule has 0 saturated heterocycles. The van der Waals surface area contributed by atoms with Crippen molar-refractivity contribution in [1.82, 2.24) is 0 Å². The number of anilines is 1. The van der Waals surface area contributed by atoms with Crippen LogP contribution in [0.3, 0.4) is 0 Å². The Morgan fingerprint density at radius 3 is 2.35 bits per heavy atom. The number of hydrogen-bond acceptors (Lipinski definition) is 5. The van der Waals surface area contributed by atoms with Gasteiger partial charge in [0.25, 0.3) is 5.91 Å². The summed E-state index contributed by atoms with van der Waals surface area (Å²) >= 11 is 0. The number of carbonyl (C=O) groups is 1. The first-order chi connectivity index (χ1) is 14.8. The quantitative estimate of drug-likeness (QED) is 0.348. The highest BCUT2D eigenvalue weighted by atomic mass is 32.2. The van der Waals surface area contributed by atoms with Crippen molar-refractivity contribution in [2.45, 2.75) is 18.7 Å². The molecule has 0 heterocycles. The van der Waals surface area contributed by atoms with Gasteiger partial charge in [-0.3, -0.25) is 4.79 Å². The van der Waals surface area contributed by atoms with Crippen molar-refractivity contribution >= 4 is 27.8 Å². The molecular formula is C24H20N2O4S. The molecule has 1 amide bonds. The minimum absolute atomic E-state index is 0.00887. The van der Waals surface area contributed by atoms with Gasteiger partial charge in [-0.2, -0.15) is 13.7 Å². The molecule has 0 saturated carbocycles. The van der Waals surface area contributed by atoms with Crippen LogP contribution in [-0.4, -0.2) is 14.3 Å². The van der Waals surface area contributed by atoms with Crippen LogP contribution in [0.1, 0.15) is 16.7 Å². The number of nitriles is 1. The standard InChI is InChI=1S/C24H20N2O4S/c1-17-10-12-22(13-11-17)31(28,29)30-23-9-4-3-7-19(23)15-20(16-25)24(27)26-21-8-5-6-18(2)14-21/h3-15H,1-2H3,(H,26,27)/b20-15+. The van der Waals surface area contributed by atoms with E-state index in [2.05, 4.69) is 5.32 Å². The molecule has 0 aromatic heterocycles. The van der Waals surface area contributed by atoms with Gasteiger partial charge in [-0.05, 0) is 55.8 Å². The minimum Gasteiger partial charge on any atom is -0.378 e. The predicted molar refractivity (Wildman–Crippen MR) is 119 cm³/mol. The average molecular weight is 433 g/mol. The number of amides is 1. The van der Waals surface area contributed by atoms with Crippen molar-refractivity contribution in [2.75, 3.05) is 5.32 Å². The molecule has 6 nitrogen and oxygen atoms in total. The molecule has 0 unspecified atom stereocenters. The van der Waals surface area contributed by atoms with Crippen LogP contribution >= 0.6 is 0 Å². The van der Waals surface area contributed by atoms with Gasteiger partial charge in [0, 0.05) is 11.3 Å². The second-order valence-electron chi connectivity index (χ2n) is 6.88. The van der Waals surface area contributed by atoms with E-state index in [-0.39, 0.29) is 21.8 Å². The van der Waals surface area contributed by atoms with Gasteiger partial charge in [-0.25, -0.2) is 0 Å². The van der Waals surface area contributed by atoms with Crippen LogP contribution in [0.25, 0.3) is 6.08 Å². The van der Waals surface area contributed by atoms with Gasteiger partial charge in [-0.15, -0.1) is 0 Å². The Morgan fingerprint density at radius 1 is 0.968 bits per heavy atom. The van der Waals surface area contributed by atoms with E-state index in [4.69, 9.17) is 4.18 Å². The fraction of sp³-hybridized carbons (Fsp3) is 0.0833. The molecule has 0 bridgehead atoms. The fourth-order valence-corrected chi connectivity index (χ4v) is 3.73. The average Bonchev–Trinajstić information content (AvgIpc) is 2.73. The lowest BCUT2D eigenvalue weighted by Gasteiger charge is -2.10. The number of rotatable bonds is 6. The molecule has 3 aromatic rings. The number of aryl methyl sites for hydroxylation is 2. The van der Waals surface area contributed by atoms with Crippen molar-refractivity contribution in [3.63, 3.8) is 0 Å². The molecule has 0 aliphatic heterocycles. The fourth-order valence-electron chi connectivity index (χ4n) is 2.77. The lowest BCUT2D eigenvalue weighted by molar-refractivity contribution is -0.112. The molecule has 3 rings (SSSR count). The van der Waals surface area contributed by atoms with Gasteiger partial charge in [-0.1, -0.05) is 48.0 Å². The molecule has 0 aliphatic rings. The van der Waals surface area contributed by atoms with E-state index < -0.39 is 16.0 Å². The maximum atomic E-state index is 12.6. The molecule has 0 spiro atoms. The molecule has 31 heavy (non-hydrogen) atoms. The van der Waals surface area contributed by atoms with Crippen LogP contribution in [0, 0.1) is 25.2 Å².